The average Bonchev–Trinajstić information content (AvgIpc) is 3.30. The molecule has 0 bridgehead atoms. The summed E-state index contributed by atoms with van der Waals surface area (Å²) < 4.78 is 42.0. The minimum Gasteiger partial charge on any atom is -0.361 e. The van der Waals surface area contributed by atoms with E-state index in [9.17, 15) is 18.0 Å². The van der Waals surface area contributed by atoms with Gasteiger partial charge >= 0.3 is 6.18 Å². The fourth-order valence-corrected chi connectivity index (χ4v) is 4.97. The second kappa shape index (κ2) is 7.59. The maximum Gasteiger partial charge on any atom is 0.410 e. The fraction of sp³-hybridized carbons (Fsp3) is 0.556. The first-order chi connectivity index (χ1) is 13.3. The standard InChI is InChI=1S/C18H20ClF3N4OS/c19-14-15(17(27)23-10-5-2-1-3-6-10)25-26-13(18(20,21)22)9-11(24-16(14)26)12-7-4-8-28-12/h4,7-8,10-11,13,24H,1-3,5-6,9H2,(H,23,27)/t11-,13+/m1/s1. The molecule has 1 aliphatic heterocycles. The van der Waals surface area contributed by atoms with Crippen molar-refractivity contribution < 1.29 is 18.0 Å². The Balaban J connectivity index is 1.65. The summed E-state index contributed by atoms with van der Waals surface area (Å²) in [5, 5.41) is 11.6. The molecule has 5 nitrogen and oxygen atoms in total. The summed E-state index contributed by atoms with van der Waals surface area (Å²) in [7, 11) is 0. The van der Waals surface area contributed by atoms with E-state index in [0.717, 1.165) is 41.7 Å². The van der Waals surface area contributed by atoms with Crippen molar-refractivity contribution in [3.8, 4) is 0 Å². The lowest BCUT2D eigenvalue weighted by Gasteiger charge is -2.32. The number of hydrogen-bond acceptors (Lipinski definition) is 4. The van der Waals surface area contributed by atoms with Gasteiger partial charge in [0.15, 0.2) is 11.7 Å². The highest BCUT2D eigenvalue weighted by Gasteiger charge is 2.48. The lowest BCUT2D eigenvalue weighted by Crippen LogP contribution is -2.37. The predicted octanol–water partition coefficient (Wildman–Crippen LogP) is 5.32. The van der Waals surface area contributed by atoms with Crippen molar-refractivity contribution in [1.29, 1.82) is 0 Å². The summed E-state index contributed by atoms with van der Waals surface area (Å²) in [5.74, 6) is -0.475. The van der Waals surface area contributed by atoms with Crippen molar-refractivity contribution in [1.82, 2.24) is 15.1 Å². The average molecular weight is 433 g/mol. The zero-order valence-corrected chi connectivity index (χ0v) is 16.5. The summed E-state index contributed by atoms with van der Waals surface area (Å²) in [5.41, 5.74) is -0.157. The van der Waals surface area contributed by atoms with Crippen LogP contribution in [0.15, 0.2) is 17.5 Å². The number of hydrogen-bond donors (Lipinski definition) is 2. The normalized spacial score (nSPS) is 23.1. The van der Waals surface area contributed by atoms with Gasteiger partial charge in [-0.25, -0.2) is 4.68 Å². The van der Waals surface area contributed by atoms with Crippen LogP contribution in [-0.2, 0) is 0 Å². The van der Waals surface area contributed by atoms with Crippen LogP contribution in [0, 0.1) is 0 Å². The molecule has 2 aliphatic rings. The van der Waals surface area contributed by atoms with Crippen LogP contribution in [-0.4, -0.2) is 27.9 Å². The quantitative estimate of drug-likeness (QED) is 0.690. The van der Waals surface area contributed by atoms with E-state index < -0.39 is 24.2 Å². The summed E-state index contributed by atoms with van der Waals surface area (Å²) in [6.07, 6.45) is 0.198. The Bertz CT molecular complexity index is 846. The first-order valence-electron chi connectivity index (χ1n) is 9.30. The number of rotatable bonds is 3. The Morgan fingerprint density at radius 1 is 1.32 bits per heavy atom. The molecule has 2 N–H and O–H groups in total. The van der Waals surface area contributed by atoms with Gasteiger partial charge in [-0.05, 0) is 24.3 Å². The topological polar surface area (TPSA) is 59.0 Å². The molecule has 1 saturated carbocycles. The largest absolute Gasteiger partial charge is 0.410 e. The molecule has 2 atom stereocenters. The van der Waals surface area contributed by atoms with E-state index in [1.165, 1.54) is 11.3 Å². The van der Waals surface area contributed by atoms with Crippen LogP contribution < -0.4 is 10.6 Å². The fourth-order valence-electron chi connectivity index (χ4n) is 3.91. The van der Waals surface area contributed by atoms with Gasteiger partial charge in [0, 0.05) is 17.3 Å². The Hall–Kier alpha value is -1.74. The third kappa shape index (κ3) is 3.74. The van der Waals surface area contributed by atoms with Crippen LogP contribution in [0.25, 0.3) is 0 Å². The number of anilines is 1. The lowest BCUT2D eigenvalue weighted by molar-refractivity contribution is -0.173. The zero-order valence-electron chi connectivity index (χ0n) is 14.9. The Morgan fingerprint density at radius 3 is 2.71 bits per heavy atom. The molecule has 1 aliphatic carbocycles. The first kappa shape index (κ1) is 19.6. The van der Waals surface area contributed by atoms with Gasteiger partial charge in [-0.3, -0.25) is 4.79 Å². The molecule has 0 saturated heterocycles. The highest BCUT2D eigenvalue weighted by atomic mass is 35.5. The molecule has 1 fully saturated rings. The van der Waals surface area contributed by atoms with Gasteiger partial charge in [-0.2, -0.15) is 18.3 Å². The molecule has 4 rings (SSSR count). The van der Waals surface area contributed by atoms with Crippen molar-refractivity contribution in [2.45, 2.75) is 62.8 Å². The number of fused-ring (bicyclic) bond motifs is 1. The molecular formula is C18H20ClF3N4OS. The summed E-state index contributed by atoms with van der Waals surface area (Å²) in [4.78, 5) is 13.4. The minimum atomic E-state index is -4.50. The van der Waals surface area contributed by atoms with Crippen molar-refractivity contribution >= 4 is 34.7 Å². The van der Waals surface area contributed by atoms with Gasteiger partial charge < -0.3 is 10.6 Å². The van der Waals surface area contributed by atoms with Gasteiger partial charge in [0.05, 0.1) is 6.04 Å². The molecule has 2 aromatic heterocycles. The van der Waals surface area contributed by atoms with Crippen LogP contribution in [0.1, 0.15) is 66.0 Å². The molecule has 0 aromatic carbocycles. The van der Waals surface area contributed by atoms with Crippen molar-refractivity contribution in [2.24, 2.45) is 0 Å². The molecular weight excluding hydrogens is 413 g/mol. The zero-order chi connectivity index (χ0) is 19.9. The third-order valence-electron chi connectivity index (χ3n) is 5.34. The predicted molar refractivity (Wildman–Crippen MR) is 102 cm³/mol. The number of alkyl halides is 3. The van der Waals surface area contributed by atoms with E-state index in [-0.39, 0.29) is 29.0 Å². The summed E-state index contributed by atoms with van der Waals surface area (Å²) >= 11 is 7.70. The first-order valence-corrected chi connectivity index (χ1v) is 10.6. The molecule has 2 aromatic rings. The number of nitrogens with zero attached hydrogens (tertiary/aromatic N) is 2. The lowest BCUT2D eigenvalue weighted by atomic mass is 9.95. The summed E-state index contributed by atoms with van der Waals surface area (Å²) in [6.45, 7) is 0. The molecule has 28 heavy (non-hydrogen) atoms. The monoisotopic (exact) mass is 432 g/mol. The SMILES string of the molecule is O=C(NC1CCCCC1)c1nn2c(c1Cl)N[C@@H](c1cccs1)C[C@H]2C(F)(F)F. The number of halogens is 4. The number of carbonyl (C=O) groups is 1. The second-order valence-corrected chi connectivity index (χ2v) is 8.63. The van der Waals surface area contributed by atoms with E-state index in [2.05, 4.69) is 15.7 Å². The number of nitrogens with one attached hydrogen (secondary N) is 2. The van der Waals surface area contributed by atoms with E-state index in [1.54, 1.807) is 12.1 Å². The van der Waals surface area contributed by atoms with Crippen molar-refractivity contribution in [3.63, 3.8) is 0 Å². The number of amides is 1. The van der Waals surface area contributed by atoms with E-state index >= 15 is 0 Å². The number of aromatic nitrogens is 2. The van der Waals surface area contributed by atoms with Crippen LogP contribution in [0.3, 0.4) is 0 Å². The van der Waals surface area contributed by atoms with Crippen molar-refractivity contribution in [3.05, 3.63) is 33.1 Å². The molecule has 10 heteroatoms. The Kier molecular flexibility index (Phi) is 5.30. The van der Waals surface area contributed by atoms with E-state index in [1.807, 2.05) is 5.38 Å². The van der Waals surface area contributed by atoms with Crippen LogP contribution in [0.2, 0.25) is 5.02 Å². The molecule has 1 amide bonds. The number of carbonyl (C=O) groups excluding carboxylic acids is 1. The molecule has 0 unspecified atom stereocenters. The number of thiophene rings is 1. The molecule has 3 heterocycles. The third-order valence-corrected chi connectivity index (χ3v) is 6.68. The van der Waals surface area contributed by atoms with Gasteiger partial charge in [0.2, 0.25) is 0 Å². The van der Waals surface area contributed by atoms with E-state index in [4.69, 9.17) is 11.6 Å². The minimum absolute atomic E-state index is 0.0151. The summed E-state index contributed by atoms with van der Waals surface area (Å²) in [6, 6.07) is 1.21. The molecule has 0 spiro atoms. The Morgan fingerprint density at radius 2 is 2.07 bits per heavy atom. The molecule has 0 radical (unpaired) electrons. The van der Waals surface area contributed by atoms with Crippen molar-refractivity contribution in [2.75, 3.05) is 5.32 Å². The maximum atomic E-state index is 13.7. The van der Waals surface area contributed by atoms with E-state index in [0.29, 0.717) is 0 Å². The smallest absolute Gasteiger partial charge is 0.361 e. The van der Waals surface area contributed by atoms with Gasteiger partial charge in [0.1, 0.15) is 10.8 Å². The van der Waals surface area contributed by atoms with Crippen LogP contribution >= 0.6 is 22.9 Å². The highest BCUT2D eigenvalue weighted by molar-refractivity contribution is 7.10. The van der Waals surface area contributed by atoms with Gasteiger partial charge in [0.25, 0.3) is 5.91 Å². The van der Waals surface area contributed by atoms with Gasteiger partial charge in [-0.1, -0.05) is 36.9 Å². The highest BCUT2D eigenvalue weighted by Crippen LogP contribution is 2.46. The van der Waals surface area contributed by atoms with Crippen LogP contribution in [0.5, 0.6) is 0 Å². The second-order valence-electron chi connectivity index (χ2n) is 7.27. The Labute approximate surface area is 169 Å². The molecule has 152 valence electrons. The van der Waals surface area contributed by atoms with Crippen LogP contribution in [0.4, 0.5) is 19.0 Å². The van der Waals surface area contributed by atoms with Gasteiger partial charge in [-0.15, -0.1) is 11.3 Å². The maximum absolute atomic E-state index is 13.7.